The molecule has 0 N–H and O–H groups in total. The summed E-state index contributed by atoms with van der Waals surface area (Å²) in [6.45, 7) is 16.5. The van der Waals surface area contributed by atoms with Crippen molar-refractivity contribution >= 4 is 14.9 Å². The smallest absolute Gasteiger partial charge is 0.416 e. The first-order chi connectivity index (χ1) is 6.98. The van der Waals surface area contributed by atoms with Gasteiger partial charge in [-0.1, -0.05) is 0 Å². The van der Waals surface area contributed by atoms with E-state index >= 15 is 0 Å². The van der Waals surface area contributed by atoms with Crippen molar-refractivity contribution in [3.05, 3.63) is 0 Å². The Morgan fingerprint density at radius 3 is 1.69 bits per heavy atom. The summed E-state index contributed by atoms with van der Waals surface area (Å²) in [5.74, 6) is 0. The van der Waals surface area contributed by atoms with Crippen LogP contribution in [0.2, 0.25) is 13.1 Å². The normalized spacial score (nSPS) is 24.2. The molecule has 1 heterocycles. The van der Waals surface area contributed by atoms with E-state index < -0.39 is 8.19 Å². The van der Waals surface area contributed by atoms with Gasteiger partial charge in [0.05, 0.1) is 11.2 Å². The van der Waals surface area contributed by atoms with Crippen LogP contribution in [0.25, 0.3) is 0 Å². The molecule has 0 aromatic heterocycles. The van der Waals surface area contributed by atoms with Gasteiger partial charge in [-0.25, -0.2) is 0 Å². The van der Waals surface area contributed by atoms with E-state index in [4.69, 9.17) is 13.7 Å². The molecule has 94 valence electrons. The van der Waals surface area contributed by atoms with Gasteiger partial charge in [0.1, 0.15) is 0 Å². The van der Waals surface area contributed by atoms with Gasteiger partial charge in [-0.3, -0.25) is 0 Å². The summed E-state index contributed by atoms with van der Waals surface area (Å²) in [6, 6.07) is 0. The summed E-state index contributed by atoms with van der Waals surface area (Å²) < 4.78 is 18.1. The Hall–Kier alpha value is 0.162. The Labute approximate surface area is 101 Å². The molecule has 0 aliphatic carbocycles. The molecule has 0 unspecified atom stereocenters. The second-order valence-corrected chi connectivity index (χ2v) is 10.3. The molecule has 0 spiro atoms. The van der Waals surface area contributed by atoms with E-state index in [9.17, 15) is 0 Å². The number of rotatable bonds is 3. The molecule has 1 aliphatic rings. The minimum Gasteiger partial charge on any atom is -0.416 e. The van der Waals surface area contributed by atoms with Crippen LogP contribution in [0.3, 0.4) is 0 Å². The summed E-state index contributed by atoms with van der Waals surface area (Å²) in [5, 5.41) is 0. The largest absolute Gasteiger partial charge is 0.467 e. The van der Waals surface area contributed by atoms with Crippen LogP contribution >= 0.6 is 0 Å². The van der Waals surface area contributed by atoms with Crippen molar-refractivity contribution in [3.8, 4) is 0 Å². The molecule has 1 fully saturated rings. The predicted molar refractivity (Wildman–Crippen MR) is 69.8 cm³/mol. The van der Waals surface area contributed by atoms with E-state index in [2.05, 4.69) is 54.6 Å². The van der Waals surface area contributed by atoms with Crippen molar-refractivity contribution < 1.29 is 13.7 Å². The topological polar surface area (TPSA) is 27.7 Å². The van der Waals surface area contributed by atoms with Gasteiger partial charge in [-0.15, -0.1) is 0 Å². The number of hydrogen-bond acceptors (Lipinski definition) is 3. The van der Waals surface area contributed by atoms with E-state index in [-0.39, 0.29) is 24.0 Å². The lowest BCUT2D eigenvalue weighted by molar-refractivity contribution is 0.00578. The molecule has 0 atom stereocenters. The Kier molecular flexibility index (Phi) is 3.66. The standard InChI is InChI=1S/C11H25BO3Si/c1-9(2)13-16(7,8)12-14-10(3,4)11(5,6)15-12/h9H,1-8H3. The molecule has 0 amide bonds. The van der Waals surface area contributed by atoms with Crippen molar-refractivity contribution in [2.45, 2.75) is 71.9 Å². The highest BCUT2D eigenvalue weighted by Gasteiger charge is 2.58. The maximum Gasteiger partial charge on any atom is 0.467 e. The summed E-state index contributed by atoms with van der Waals surface area (Å²) in [5.41, 5.74) is -0.523. The highest BCUT2D eigenvalue weighted by atomic mass is 28.3. The van der Waals surface area contributed by atoms with Gasteiger partial charge in [0, 0.05) is 6.10 Å². The van der Waals surface area contributed by atoms with E-state index in [1.54, 1.807) is 0 Å². The quantitative estimate of drug-likeness (QED) is 0.714. The predicted octanol–water partition coefficient (Wildman–Crippen LogP) is 2.79. The van der Waals surface area contributed by atoms with E-state index in [1.807, 2.05) is 0 Å². The van der Waals surface area contributed by atoms with E-state index in [0.717, 1.165) is 0 Å². The average molecular weight is 244 g/mol. The Balaban J connectivity index is 2.79. The van der Waals surface area contributed by atoms with E-state index in [0.29, 0.717) is 0 Å². The average Bonchev–Trinajstić information content (AvgIpc) is 2.18. The fraction of sp³-hybridized carbons (Fsp3) is 1.00. The van der Waals surface area contributed by atoms with Gasteiger partial charge in [0.25, 0.3) is 0 Å². The lowest BCUT2D eigenvalue weighted by Gasteiger charge is -2.32. The van der Waals surface area contributed by atoms with Crippen molar-refractivity contribution in [1.29, 1.82) is 0 Å². The van der Waals surface area contributed by atoms with Crippen LogP contribution < -0.4 is 0 Å². The summed E-state index contributed by atoms with van der Waals surface area (Å²) >= 11 is 0. The maximum atomic E-state index is 6.04. The van der Waals surface area contributed by atoms with Crippen molar-refractivity contribution in [3.63, 3.8) is 0 Å². The molecule has 0 aromatic rings. The minimum atomic E-state index is -1.96. The fourth-order valence-corrected chi connectivity index (χ4v) is 4.27. The van der Waals surface area contributed by atoms with Crippen LogP contribution in [0.5, 0.6) is 0 Å². The summed E-state index contributed by atoms with van der Waals surface area (Å²) in [4.78, 5) is 0. The molecule has 0 bridgehead atoms. The van der Waals surface area contributed by atoms with Crippen LogP contribution in [0.4, 0.5) is 0 Å². The van der Waals surface area contributed by atoms with Crippen LogP contribution in [-0.2, 0) is 13.7 Å². The zero-order chi connectivity index (χ0) is 12.8. The van der Waals surface area contributed by atoms with Crippen LogP contribution in [0.15, 0.2) is 0 Å². The van der Waals surface area contributed by atoms with Gasteiger partial charge >= 0.3 is 6.71 Å². The van der Waals surface area contributed by atoms with Crippen LogP contribution in [0.1, 0.15) is 41.5 Å². The Morgan fingerprint density at radius 1 is 1.00 bits per heavy atom. The molecule has 3 nitrogen and oxygen atoms in total. The minimum absolute atomic E-state index is 0.181. The summed E-state index contributed by atoms with van der Waals surface area (Å²) in [7, 11) is -1.96. The third kappa shape index (κ3) is 2.70. The van der Waals surface area contributed by atoms with Gasteiger partial charge in [-0.05, 0) is 54.6 Å². The fourth-order valence-electron chi connectivity index (χ4n) is 1.79. The highest BCUT2D eigenvalue weighted by Crippen LogP contribution is 2.39. The zero-order valence-corrected chi connectivity index (χ0v) is 12.9. The van der Waals surface area contributed by atoms with Crippen molar-refractivity contribution in [1.82, 2.24) is 0 Å². The van der Waals surface area contributed by atoms with Crippen LogP contribution in [0, 0.1) is 0 Å². The van der Waals surface area contributed by atoms with Gasteiger partial charge in [0.2, 0.25) is 8.19 Å². The molecular weight excluding hydrogens is 219 g/mol. The van der Waals surface area contributed by atoms with Gasteiger partial charge < -0.3 is 13.7 Å². The molecule has 5 heteroatoms. The first-order valence-corrected chi connectivity index (χ1v) is 9.00. The molecule has 1 saturated heterocycles. The van der Waals surface area contributed by atoms with E-state index in [1.165, 1.54) is 0 Å². The first-order valence-electron chi connectivity index (χ1n) is 6.01. The molecule has 16 heavy (non-hydrogen) atoms. The maximum absolute atomic E-state index is 6.04. The first kappa shape index (κ1) is 14.2. The van der Waals surface area contributed by atoms with Crippen molar-refractivity contribution in [2.75, 3.05) is 0 Å². The lowest BCUT2D eigenvalue weighted by atomic mass is 9.90. The molecule has 1 rings (SSSR count). The molecule has 0 aromatic carbocycles. The summed E-state index contributed by atoms with van der Waals surface area (Å²) in [6.07, 6.45) is 0.223. The van der Waals surface area contributed by atoms with Crippen LogP contribution in [-0.4, -0.2) is 32.2 Å². The van der Waals surface area contributed by atoms with Crippen molar-refractivity contribution in [2.24, 2.45) is 0 Å². The third-order valence-electron chi connectivity index (χ3n) is 3.36. The SMILES string of the molecule is CC(C)O[Si](C)(C)B1OC(C)(C)C(C)(C)O1. The number of hydrogen-bond donors (Lipinski definition) is 0. The molecule has 0 radical (unpaired) electrons. The second kappa shape index (κ2) is 4.12. The lowest BCUT2D eigenvalue weighted by Crippen LogP contribution is -2.52. The van der Waals surface area contributed by atoms with Gasteiger partial charge in [0.15, 0.2) is 0 Å². The third-order valence-corrected chi connectivity index (χ3v) is 5.81. The zero-order valence-electron chi connectivity index (χ0n) is 11.9. The van der Waals surface area contributed by atoms with Gasteiger partial charge in [-0.2, -0.15) is 0 Å². The molecule has 1 aliphatic heterocycles. The Bertz CT molecular complexity index is 248. The molecular formula is C11H25BO3Si. The monoisotopic (exact) mass is 244 g/mol. The highest BCUT2D eigenvalue weighted by molar-refractivity contribution is 7.24. The molecule has 0 saturated carbocycles. The second-order valence-electron chi connectivity index (χ2n) is 6.36. The Morgan fingerprint density at radius 2 is 1.38 bits per heavy atom.